The highest BCUT2D eigenvalue weighted by atomic mass is 35.5. The van der Waals surface area contributed by atoms with Gasteiger partial charge in [-0.3, -0.25) is 19.1 Å². The van der Waals surface area contributed by atoms with Gasteiger partial charge in [-0.05, 0) is 56.7 Å². The first-order valence-electron chi connectivity index (χ1n) is 14.5. The Morgan fingerprint density at radius 2 is 1.80 bits per heavy atom. The van der Waals surface area contributed by atoms with Gasteiger partial charge < -0.3 is 25.8 Å². The van der Waals surface area contributed by atoms with E-state index in [1.165, 1.54) is 46.9 Å². The largest absolute Gasteiger partial charge is 0.435 e. The zero-order valence-electron chi connectivity index (χ0n) is 23.9. The third kappa shape index (κ3) is 6.05. The van der Waals surface area contributed by atoms with Crippen molar-refractivity contribution in [2.24, 2.45) is 18.7 Å². The Balaban J connectivity index is 1.09. The Kier molecular flexibility index (Phi) is 7.91. The number of nitrogens with two attached hydrogens (primary N) is 1. The van der Waals surface area contributed by atoms with Crippen LogP contribution in [0.2, 0.25) is 5.02 Å². The predicted octanol–water partition coefficient (Wildman–Crippen LogP) is 4.00. The molecule has 3 aromatic rings. The predicted molar refractivity (Wildman–Crippen MR) is 155 cm³/mol. The zero-order chi connectivity index (χ0) is 31.3. The van der Waals surface area contributed by atoms with Crippen LogP contribution in [0.1, 0.15) is 71.2 Å². The van der Waals surface area contributed by atoms with Gasteiger partial charge in [-0.25, -0.2) is 4.98 Å². The van der Waals surface area contributed by atoms with Gasteiger partial charge in [0.15, 0.2) is 11.5 Å². The number of piperidine rings is 1. The fourth-order valence-corrected chi connectivity index (χ4v) is 6.01. The number of carbonyl (C=O) groups excluding carboxylic acids is 3. The number of hydrogen-bond donors (Lipinski definition) is 3. The summed E-state index contributed by atoms with van der Waals surface area (Å²) in [5.74, 6) is -1.22. The molecular formula is C29H32ClF3N8O3. The van der Waals surface area contributed by atoms with Crippen LogP contribution < -0.4 is 16.4 Å². The van der Waals surface area contributed by atoms with E-state index in [0.29, 0.717) is 25.9 Å². The molecule has 3 heterocycles. The number of nitrogens with one attached hydrogen (secondary N) is 2. The number of benzene rings is 1. The average Bonchev–Trinajstić information content (AvgIpc) is 3.59. The summed E-state index contributed by atoms with van der Waals surface area (Å²) in [5, 5.41) is 9.56. The van der Waals surface area contributed by atoms with Crippen LogP contribution in [0.15, 0.2) is 30.6 Å². The molecule has 0 radical (unpaired) electrons. The molecule has 0 atom stereocenters. The van der Waals surface area contributed by atoms with Crippen molar-refractivity contribution in [3.63, 3.8) is 0 Å². The van der Waals surface area contributed by atoms with Gasteiger partial charge >= 0.3 is 6.18 Å². The van der Waals surface area contributed by atoms with E-state index in [1.54, 1.807) is 4.90 Å². The number of carbonyl (C=O) groups is 3. The number of nitrogens with zero attached hydrogens (tertiary/aromatic N) is 5. The number of hydrogen-bond acceptors (Lipinski definition) is 6. The Bertz CT molecular complexity index is 1600. The molecule has 1 aromatic carbocycles. The van der Waals surface area contributed by atoms with Gasteiger partial charge in [-0.15, -0.1) is 0 Å². The molecule has 4 N–H and O–H groups in total. The Hall–Kier alpha value is -3.91. The fourth-order valence-electron chi connectivity index (χ4n) is 5.75. The van der Waals surface area contributed by atoms with Gasteiger partial charge in [0.1, 0.15) is 0 Å². The zero-order valence-corrected chi connectivity index (χ0v) is 24.7. The number of aromatic nitrogens is 4. The fraction of sp³-hybridized carbons (Fsp3) is 0.483. The summed E-state index contributed by atoms with van der Waals surface area (Å²) in [5.41, 5.74) is 5.24. The van der Waals surface area contributed by atoms with Crippen LogP contribution in [-0.2, 0) is 18.0 Å². The average molecular weight is 633 g/mol. The monoisotopic (exact) mass is 632 g/mol. The van der Waals surface area contributed by atoms with Crippen molar-refractivity contribution >= 4 is 35.0 Å². The van der Waals surface area contributed by atoms with Crippen LogP contribution >= 0.6 is 11.6 Å². The third-order valence-corrected chi connectivity index (χ3v) is 8.83. The molecule has 3 amide bonds. The maximum Gasteiger partial charge on any atom is 0.435 e. The van der Waals surface area contributed by atoms with Gasteiger partial charge in [0.25, 0.3) is 11.8 Å². The molecule has 6 rings (SSSR count). The topological polar surface area (TPSA) is 140 Å². The van der Waals surface area contributed by atoms with Crippen LogP contribution in [0.3, 0.4) is 0 Å². The lowest BCUT2D eigenvalue weighted by Crippen LogP contribution is -2.52. The number of anilines is 1. The summed E-state index contributed by atoms with van der Waals surface area (Å²) in [6.07, 6.45) is 2.07. The lowest BCUT2D eigenvalue weighted by atomic mass is 9.86. The molecule has 2 saturated carbocycles. The highest BCUT2D eigenvalue weighted by molar-refractivity contribution is 6.34. The highest BCUT2D eigenvalue weighted by Crippen LogP contribution is 2.41. The normalized spacial score (nSPS) is 20.7. The minimum atomic E-state index is -4.67. The molecule has 0 unspecified atom stereocenters. The quantitative estimate of drug-likeness (QED) is 0.360. The van der Waals surface area contributed by atoms with E-state index in [1.807, 2.05) is 0 Å². The second kappa shape index (κ2) is 11.5. The van der Waals surface area contributed by atoms with E-state index in [9.17, 15) is 27.6 Å². The van der Waals surface area contributed by atoms with Crippen LogP contribution in [0.5, 0.6) is 0 Å². The lowest BCUT2D eigenvalue weighted by Gasteiger charge is -2.36. The summed E-state index contributed by atoms with van der Waals surface area (Å²) in [6, 6.07) is 4.68. The number of likely N-dealkylation sites (tertiary alicyclic amines) is 1. The number of alkyl halides is 3. The van der Waals surface area contributed by atoms with E-state index in [4.69, 9.17) is 17.3 Å². The van der Waals surface area contributed by atoms with Crippen molar-refractivity contribution in [2.45, 2.75) is 62.8 Å². The van der Waals surface area contributed by atoms with Gasteiger partial charge in [-0.1, -0.05) is 11.6 Å². The second-order valence-corrected chi connectivity index (χ2v) is 12.2. The molecular weight excluding hydrogens is 601 g/mol. The molecule has 11 nitrogen and oxygen atoms in total. The smallest absolute Gasteiger partial charge is 0.353 e. The molecule has 3 aliphatic rings. The standard InChI is InChI=1S/C29H32ClF3N8O3/c1-39-23(21-14-41(19-3-4-19)38-24(21)29(31,32)33)13-35-25(39)27(43)36-17-2-5-20(22(30)12-17)28(44)40-8-6-15(7-9-40)26(42)37-18-10-16(34)11-18/h2,5,12-16,18-19H,3-4,6-11,34H2,1H3,(H,36,43)(H,37,42). The lowest BCUT2D eigenvalue weighted by molar-refractivity contribution is -0.141. The SMILES string of the molecule is Cn1c(-c2cn(C3CC3)nc2C(F)(F)F)cnc1C(=O)Nc1ccc(C(=O)N2CCC(C(=O)NC3CC(N)C3)CC2)c(Cl)c1. The summed E-state index contributed by atoms with van der Waals surface area (Å²) < 4.78 is 43.8. The minimum absolute atomic E-state index is 0.00100. The minimum Gasteiger partial charge on any atom is -0.353 e. The number of imidazole rings is 1. The second-order valence-electron chi connectivity index (χ2n) is 11.8. The molecule has 3 fully saturated rings. The molecule has 0 bridgehead atoms. The molecule has 2 aromatic heterocycles. The van der Waals surface area contributed by atoms with Crippen LogP contribution in [0.25, 0.3) is 11.3 Å². The first kappa shape index (κ1) is 30.1. The maximum absolute atomic E-state index is 13.7. The van der Waals surface area contributed by atoms with Crippen LogP contribution in [0, 0.1) is 5.92 Å². The molecule has 1 saturated heterocycles. The van der Waals surface area contributed by atoms with Crippen LogP contribution in [0.4, 0.5) is 18.9 Å². The molecule has 44 heavy (non-hydrogen) atoms. The molecule has 1 aliphatic heterocycles. The van der Waals surface area contributed by atoms with E-state index >= 15 is 0 Å². The molecule has 15 heteroatoms. The summed E-state index contributed by atoms with van der Waals surface area (Å²) in [7, 11) is 1.45. The highest BCUT2D eigenvalue weighted by Gasteiger charge is 2.40. The van der Waals surface area contributed by atoms with Gasteiger partial charge in [-0.2, -0.15) is 18.3 Å². The van der Waals surface area contributed by atoms with E-state index in [0.717, 1.165) is 25.7 Å². The molecule has 234 valence electrons. The third-order valence-electron chi connectivity index (χ3n) is 8.52. The number of amides is 3. The van der Waals surface area contributed by atoms with Crippen molar-refractivity contribution in [1.29, 1.82) is 0 Å². The Morgan fingerprint density at radius 3 is 2.41 bits per heavy atom. The summed E-state index contributed by atoms with van der Waals surface area (Å²) in [4.78, 5) is 44.5. The first-order chi connectivity index (χ1) is 20.9. The molecule has 2 aliphatic carbocycles. The van der Waals surface area contributed by atoms with Crippen molar-refractivity contribution in [1.82, 2.24) is 29.5 Å². The summed E-state index contributed by atoms with van der Waals surface area (Å²) in [6.45, 7) is 0.819. The van der Waals surface area contributed by atoms with Gasteiger partial charge in [0, 0.05) is 50.0 Å². The number of rotatable bonds is 7. The van der Waals surface area contributed by atoms with E-state index < -0.39 is 17.8 Å². The van der Waals surface area contributed by atoms with Gasteiger partial charge in [0.2, 0.25) is 5.91 Å². The molecule has 0 spiro atoms. The maximum atomic E-state index is 13.7. The van der Waals surface area contributed by atoms with Crippen molar-refractivity contribution < 1.29 is 27.6 Å². The van der Waals surface area contributed by atoms with Crippen molar-refractivity contribution in [3.8, 4) is 11.3 Å². The first-order valence-corrected chi connectivity index (χ1v) is 14.9. The Labute approximate surface area is 255 Å². The van der Waals surface area contributed by atoms with Gasteiger partial charge in [0.05, 0.1) is 34.1 Å². The van der Waals surface area contributed by atoms with E-state index in [-0.39, 0.29) is 69.2 Å². The van der Waals surface area contributed by atoms with Crippen molar-refractivity contribution in [2.75, 3.05) is 18.4 Å². The number of halogens is 4. The van der Waals surface area contributed by atoms with Crippen LogP contribution in [-0.4, -0.2) is 67.1 Å². The van der Waals surface area contributed by atoms with Crippen molar-refractivity contribution in [3.05, 3.63) is 52.7 Å². The van der Waals surface area contributed by atoms with E-state index in [2.05, 4.69) is 20.7 Å². The summed E-state index contributed by atoms with van der Waals surface area (Å²) >= 11 is 6.44. The Morgan fingerprint density at radius 1 is 1.09 bits per heavy atom.